The Morgan fingerprint density at radius 2 is 0.704 bits per heavy atom. The first-order valence-electron chi connectivity index (χ1n) is 10.7. The van der Waals surface area contributed by atoms with E-state index in [0.29, 0.717) is 0 Å². The van der Waals surface area contributed by atoms with Crippen LogP contribution in [-0.4, -0.2) is 77.3 Å². The monoisotopic (exact) mass is 522 g/mol. The van der Waals surface area contributed by atoms with Gasteiger partial charge in [0.05, 0.1) is 22.0 Å². The lowest BCUT2D eigenvalue weighted by Gasteiger charge is -2.35. The summed E-state index contributed by atoms with van der Waals surface area (Å²) in [4.78, 5) is 10.2. The minimum absolute atomic E-state index is 1.03. The highest BCUT2D eigenvalue weighted by Gasteiger charge is 2.52. The second-order valence-electron chi connectivity index (χ2n) is 6.66. The van der Waals surface area contributed by atoms with Gasteiger partial charge in [0.15, 0.2) is 0 Å². The first kappa shape index (κ1) is 24.9. The smallest absolute Gasteiger partial charge is 0.294 e. The highest BCUT2D eigenvalue weighted by molar-refractivity contribution is 9.51. The lowest BCUT2D eigenvalue weighted by atomic mass is 10.2. The molecule has 0 aliphatic carbocycles. The molecular weight excluding hydrogens is 484 g/mol. The fourth-order valence-corrected chi connectivity index (χ4v) is 12.2. The van der Waals surface area contributed by atoms with E-state index in [-0.39, 0.29) is 0 Å². The molecule has 27 heavy (non-hydrogen) atoms. The van der Waals surface area contributed by atoms with Crippen LogP contribution >= 0.6 is 30.6 Å². The molecule has 0 aromatic rings. The van der Waals surface area contributed by atoms with Gasteiger partial charge in [-0.3, -0.25) is 0 Å². The van der Waals surface area contributed by atoms with Crippen LogP contribution in [0.15, 0.2) is 22.0 Å². The molecule has 0 atom stereocenters. The summed E-state index contributed by atoms with van der Waals surface area (Å²) in [6, 6.07) is 0. The Morgan fingerprint density at radius 1 is 0.481 bits per heavy atom. The van der Waals surface area contributed by atoms with Crippen molar-refractivity contribution in [1.29, 1.82) is 0 Å². The Morgan fingerprint density at radius 3 is 0.889 bits per heavy atom. The average Bonchev–Trinajstić information content (AvgIpc) is 2.89. The summed E-state index contributed by atoms with van der Waals surface area (Å²) < 4.78 is 0. The molecule has 0 spiro atoms. The number of rotatable bonds is 12. The first-order valence-corrected chi connectivity index (χ1v) is 17.2. The van der Waals surface area contributed by atoms with E-state index in [1.165, 1.54) is 22.0 Å². The highest BCUT2D eigenvalue weighted by Crippen LogP contribution is 2.50. The zero-order chi connectivity index (χ0) is 20.8. The predicted molar refractivity (Wildman–Crippen MR) is 129 cm³/mol. The van der Waals surface area contributed by atoms with Crippen molar-refractivity contribution in [3.05, 3.63) is 22.0 Å². The lowest BCUT2D eigenvalue weighted by molar-refractivity contribution is 0.300. The third-order valence-corrected chi connectivity index (χ3v) is 12.4. The molecule has 4 nitrogen and oxygen atoms in total. The van der Waals surface area contributed by atoms with E-state index in [4.69, 9.17) is 0 Å². The SMILES string of the molecule is CCN(CC)C1=C(N(CC)CC)[Si](Br)(Br)C(N(CC)CC)=C1N(CC)CC. The summed E-state index contributed by atoms with van der Waals surface area (Å²) >= 11 is 8.55. The average molecular weight is 524 g/mol. The van der Waals surface area contributed by atoms with Gasteiger partial charge in [0.25, 0.3) is 5.31 Å². The second-order valence-corrected chi connectivity index (χ2v) is 19.1. The van der Waals surface area contributed by atoms with Crippen molar-refractivity contribution in [2.75, 3.05) is 52.4 Å². The number of halogens is 2. The number of hydrogen-bond donors (Lipinski definition) is 0. The molecular formula is C20H40Br2N4Si. The molecule has 0 unspecified atom stereocenters. The van der Waals surface area contributed by atoms with Crippen LogP contribution in [0, 0.1) is 0 Å². The quantitative estimate of drug-likeness (QED) is 0.260. The summed E-state index contributed by atoms with van der Waals surface area (Å²) in [7, 11) is 0. The maximum Gasteiger partial charge on any atom is 0.294 e. The maximum atomic E-state index is 4.28. The molecule has 7 heteroatoms. The maximum absolute atomic E-state index is 4.28. The van der Waals surface area contributed by atoms with Gasteiger partial charge in [0, 0.05) is 52.4 Å². The van der Waals surface area contributed by atoms with Gasteiger partial charge in [-0.15, -0.1) is 0 Å². The molecule has 0 saturated carbocycles. The topological polar surface area (TPSA) is 13.0 Å². The van der Waals surface area contributed by atoms with Gasteiger partial charge < -0.3 is 19.6 Å². The van der Waals surface area contributed by atoms with Crippen molar-refractivity contribution in [2.45, 2.75) is 55.4 Å². The standard InChI is InChI=1S/C20H40Br2N4Si/c1-9-23(10-2)17-18(24(11-3)12-4)20(26(15-7)16-8)27(21,22)19(17)25(13-5)14-6/h9-16H2,1-8H3. The summed E-state index contributed by atoms with van der Waals surface area (Å²) in [5.41, 5.74) is 2.88. The molecule has 1 rings (SSSR count). The van der Waals surface area contributed by atoms with Crippen molar-refractivity contribution in [3.8, 4) is 0 Å². The fraction of sp³-hybridized carbons (Fsp3) is 0.800. The molecule has 1 aliphatic heterocycles. The minimum Gasteiger partial charge on any atom is -0.375 e. The third kappa shape index (κ3) is 4.72. The number of likely N-dealkylation sites (N-methyl/N-ethyl adjacent to an activating group) is 2. The van der Waals surface area contributed by atoms with Crippen LogP contribution in [0.3, 0.4) is 0 Å². The molecule has 0 amide bonds. The van der Waals surface area contributed by atoms with Gasteiger partial charge in [-0.25, -0.2) is 0 Å². The predicted octanol–water partition coefficient (Wildman–Crippen LogP) is 5.10. The van der Waals surface area contributed by atoms with E-state index in [0.717, 1.165) is 52.4 Å². The summed E-state index contributed by atoms with van der Waals surface area (Å²) in [6.45, 7) is 26.4. The largest absolute Gasteiger partial charge is 0.375 e. The fourth-order valence-electron chi connectivity index (χ4n) is 4.09. The van der Waals surface area contributed by atoms with Crippen molar-refractivity contribution in [2.24, 2.45) is 0 Å². The summed E-state index contributed by atoms with van der Waals surface area (Å²) in [5, 5.41) is 0.799. The molecule has 1 aliphatic rings. The number of nitrogens with zero attached hydrogens (tertiary/aromatic N) is 4. The molecule has 0 N–H and O–H groups in total. The van der Waals surface area contributed by atoms with Crippen LogP contribution in [0.25, 0.3) is 0 Å². The van der Waals surface area contributed by atoms with E-state index < -0.39 is 5.31 Å². The zero-order valence-corrected chi connectivity index (χ0v) is 22.9. The van der Waals surface area contributed by atoms with Crippen LogP contribution in [-0.2, 0) is 0 Å². The third-order valence-electron chi connectivity index (χ3n) is 5.59. The molecule has 0 radical (unpaired) electrons. The van der Waals surface area contributed by atoms with E-state index in [1.54, 1.807) is 0 Å². The van der Waals surface area contributed by atoms with E-state index in [9.17, 15) is 0 Å². The highest BCUT2D eigenvalue weighted by atomic mass is 79.9. The van der Waals surface area contributed by atoms with Gasteiger partial charge in [-0.2, -0.15) is 0 Å². The Labute approximate surface area is 184 Å². The Hall–Kier alpha value is -0.143. The molecule has 0 bridgehead atoms. The van der Waals surface area contributed by atoms with Crippen LogP contribution in [0.4, 0.5) is 0 Å². The van der Waals surface area contributed by atoms with Crippen molar-refractivity contribution >= 4 is 35.9 Å². The Kier molecular flexibility index (Phi) is 10.3. The summed E-state index contributed by atoms with van der Waals surface area (Å²) in [6.07, 6.45) is 0. The van der Waals surface area contributed by atoms with Crippen LogP contribution < -0.4 is 0 Å². The van der Waals surface area contributed by atoms with Gasteiger partial charge in [0.2, 0.25) is 0 Å². The first-order chi connectivity index (χ1) is 12.8. The van der Waals surface area contributed by atoms with Crippen molar-refractivity contribution in [1.82, 2.24) is 19.6 Å². The lowest BCUT2D eigenvalue weighted by Crippen LogP contribution is -2.42. The van der Waals surface area contributed by atoms with Crippen molar-refractivity contribution in [3.63, 3.8) is 0 Å². The Balaban J connectivity index is 3.91. The Bertz CT molecular complexity index is 486. The normalized spacial score (nSPS) is 16.2. The van der Waals surface area contributed by atoms with Crippen LogP contribution in [0.1, 0.15) is 55.4 Å². The van der Waals surface area contributed by atoms with Gasteiger partial charge in [0.1, 0.15) is 0 Å². The van der Waals surface area contributed by atoms with Gasteiger partial charge in [-0.1, -0.05) is 30.6 Å². The molecule has 0 saturated heterocycles. The molecule has 1 heterocycles. The van der Waals surface area contributed by atoms with E-state index in [1.807, 2.05) is 0 Å². The molecule has 0 aromatic carbocycles. The molecule has 0 fully saturated rings. The molecule has 158 valence electrons. The van der Waals surface area contributed by atoms with Crippen LogP contribution in [0.5, 0.6) is 0 Å². The van der Waals surface area contributed by atoms with E-state index in [2.05, 4.69) is 106 Å². The van der Waals surface area contributed by atoms with E-state index >= 15 is 0 Å². The molecule has 0 aromatic heterocycles. The van der Waals surface area contributed by atoms with Crippen molar-refractivity contribution < 1.29 is 0 Å². The summed E-state index contributed by atoms with van der Waals surface area (Å²) in [5.74, 6) is 0. The van der Waals surface area contributed by atoms with Gasteiger partial charge >= 0.3 is 0 Å². The zero-order valence-electron chi connectivity index (χ0n) is 18.7. The number of hydrogen-bond acceptors (Lipinski definition) is 4. The minimum atomic E-state index is -2.17. The second kappa shape index (κ2) is 11.1. The van der Waals surface area contributed by atoms with Gasteiger partial charge in [-0.05, 0) is 55.4 Å². The van der Waals surface area contributed by atoms with Crippen LogP contribution in [0.2, 0.25) is 0 Å².